The van der Waals surface area contributed by atoms with E-state index in [-0.39, 0.29) is 5.54 Å². The molecule has 1 saturated heterocycles. The molecule has 0 aromatic carbocycles. The van der Waals surface area contributed by atoms with E-state index in [1.54, 1.807) is 0 Å². The first-order valence-electron chi connectivity index (χ1n) is 5.98. The van der Waals surface area contributed by atoms with Crippen LogP contribution in [-0.2, 0) is 11.3 Å². The van der Waals surface area contributed by atoms with Gasteiger partial charge in [-0.2, -0.15) is 0 Å². The molecule has 0 atom stereocenters. The molecule has 16 heavy (non-hydrogen) atoms. The smallest absolute Gasteiger partial charge is 0.105 e. The first-order chi connectivity index (χ1) is 7.59. The van der Waals surface area contributed by atoms with Gasteiger partial charge in [-0.25, -0.2) is 0 Å². The van der Waals surface area contributed by atoms with Crippen LogP contribution in [0.15, 0.2) is 10.5 Å². The molecule has 1 N–H and O–H groups in total. The maximum atomic E-state index is 5.52. The van der Waals surface area contributed by atoms with E-state index in [0.29, 0.717) is 0 Å². The first kappa shape index (κ1) is 11.7. The molecule has 1 aliphatic heterocycles. The fourth-order valence-corrected chi connectivity index (χ4v) is 2.17. The van der Waals surface area contributed by atoms with Crippen molar-refractivity contribution >= 4 is 0 Å². The number of aryl methyl sites for hydroxylation is 2. The minimum absolute atomic E-state index is 0.218. The highest BCUT2D eigenvalue weighted by Gasteiger charge is 2.26. The summed E-state index contributed by atoms with van der Waals surface area (Å²) in [6.07, 6.45) is 2.17. The molecule has 90 valence electrons. The molecule has 0 amide bonds. The zero-order valence-corrected chi connectivity index (χ0v) is 10.4. The molecule has 3 heteroatoms. The van der Waals surface area contributed by atoms with E-state index < -0.39 is 0 Å². The summed E-state index contributed by atoms with van der Waals surface area (Å²) in [5.41, 5.74) is 1.49. The van der Waals surface area contributed by atoms with E-state index in [0.717, 1.165) is 44.1 Å². The first-order valence-corrected chi connectivity index (χ1v) is 5.98. The average Bonchev–Trinajstić information content (AvgIpc) is 2.56. The van der Waals surface area contributed by atoms with Crippen LogP contribution in [0.1, 0.15) is 36.8 Å². The van der Waals surface area contributed by atoms with Gasteiger partial charge in [0.1, 0.15) is 11.5 Å². The Morgan fingerprint density at radius 3 is 2.56 bits per heavy atom. The molecule has 0 bridgehead atoms. The third-order valence-corrected chi connectivity index (χ3v) is 3.45. The van der Waals surface area contributed by atoms with Gasteiger partial charge in [-0.3, -0.25) is 0 Å². The zero-order valence-electron chi connectivity index (χ0n) is 10.4. The lowest BCUT2D eigenvalue weighted by atomic mass is 9.92. The van der Waals surface area contributed by atoms with Gasteiger partial charge in [0.2, 0.25) is 0 Å². The maximum Gasteiger partial charge on any atom is 0.105 e. The predicted molar refractivity (Wildman–Crippen MR) is 63.5 cm³/mol. The van der Waals surface area contributed by atoms with Gasteiger partial charge >= 0.3 is 0 Å². The highest BCUT2D eigenvalue weighted by atomic mass is 16.5. The Hall–Kier alpha value is -0.800. The van der Waals surface area contributed by atoms with Crippen LogP contribution in [-0.4, -0.2) is 18.8 Å². The molecule has 0 unspecified atom stereocenters. The molecule has 0 aliphatic carbocycles. The second-order valence-electron chi connectivity index (χ2n) is 4.97. The van der Waals surface area contributed by atoms with Crippen LogP contribution >= 0.6 is 0 Å². The van der Waals surface area contributed by atoms with Gasteiger partial charge in [-0.15, -0.1) is 0 Å². The van der Waals surface area contributed by atoms with E-state index in [1.807, 2.05) is 13.8 Å². The number of ether oxygens (including phenoxy) is 1. The van der Waals surface area contributed by atoms with Crippen LogP contribution in [0.4, 0.5) is 0 Å². The van der Waals surface area contributed by atoms with E-state index in [2.05, 4.69) is 18.3 Å². The highest BCUT2D eigenvalue weighted by Crippen LogP contribution is 2.21. The Morgan fingerprint density at radius 2 is 2.00 bits per heavy atom. The van der Waals surface area contributed by atoms with Gasteiger partial charge in [0, 0.05) is 30.9 Å². The second-order valence-corrected chi connectivity index (χ2v) is 4.97. The van der Waals surface area contributed by atoms with Crippen molar-refractivity contribution in [3.63, 3.8) is 0 Å². The molecule has 0 spiro atoms. The number of furan rings is 1. The third kappa shape index (κ3) is 2.66. The monoisotopic (exact) mass is 223 g/mol. The number of rotatable bonds is 3. The lowest BCUT2D eigenvalue weighted by Crippen LogP contribution is -2.46. The van der Waals surface area contributed by atoms with Gasteiger partial charge < -0.3 is 14.5 Å². The summed E-state index contributed by atoms with van der Waals surface area (Å²) in [7, 11) is 0. The zero-order chi connectivity index (χ0) is 11.6. The van der Waals surface area contributed by atoms with Crippen LogP contribution in [0.3, 0.4) is 0 Å². The molecule has 0 saturated carbocycles. The van der Waals surface area contributed by atoms with Crippen LogP contribution in [0.5, 0.6) is 0 Å². The SMILES string of the molecule is Cc1cc(CNC2(C)CCOCC2)c(C)o1. The topological polar surface area (TPSA) is 34.4 Å². The standard InChI is InChI=1S/C13H21NO2/c1-10-8-12(11(2)16-10)9-14-13(3)4-6-15-7-5-13/h8,14H,4-7,9H2,1-3H3. The highest BCUT2D eigenvalue weighted by molar-refractivity contribution is 5.20. The van der Waals surface area contributed by atoms with Crippen LogP contribution in [0, 0.1) is 13.8 Å². The van der Waals surface area contributed by atoms with Crippen molar-refractivity contribution in [2.45, 2.75) is 45.7 Å². The van der Waals surface area contributed by atoms with Gasteiger partial charge in [0.05, 0.1) is 0 Å². The summed E-state index contributed by atoms with van der Waals surface area (Å²) in [5, 5.41) is 3.63. The Balaban J connectivity index is 1.93. The van der Waals surface area contributed by atoms with Gasteiger partial charge in [-0.1, -0.05) is 0 Å². The Morgan fingerprint density at radius 1 is 1.31 bits per heavy atom. The minimum atomic E-state index is 0.218. The van der Waals surface area contributed by atoms with Crippen molar-refractivity contribution in [2.75, 3.05) is 13.2 Å². The van der Waals surface area contributed by atoms with Crippen LogP contribution in [0.25, 0.3) is 0 Å². The lowest BCUT2D eigenvalue weighted by molar-refractivity contribution is 0.0446. The average molecular weight is 223 g/mol. The summed E-state index contributed by atoms with van der Waals surface area (Å²) >= 11 is 0. The Bertz CT molecular complexity index is 351. The van der Waals surface area contributed by atoms with E-state index in [4.69, 9.17) is 9.15 Å². The number of hydrogen-bond acceptors (Lipinski definition) is 3. The van der Waals surface area contributed by atoms with Crippen molar-refractivity contribution in [3.8, 4) is 0 Å². The molecule has 1 aliphatic rings. The number of hydrogen-bond donors (Lipinski definition) is 1. The summed E-state index contributed by atoms with van der Waals surface area (Å²) in [5.74, 6) is 2.02. The number of nitrogens with one attached hydrogen (secondary N) is 1. The molecule has 3 nitrogen and oxygen atoms in total. The molecular weight excluding hydrogens is 202 g/mol. The quantitative estimate of drug-likeness (QED) is 0.855. The fraction of sp³-hybridized carbons (Fsp3) is 0.692. The van der Waals surface area contributed by atoms with Crippen LogP contribution < -0.4 is 5.32 Å². The normalized spacial score (nSPS) is 19.9. The minimum Gasteiger partial charge on any atom is -0.466 e. The Kier molecular flexibility index (Phi) is 3.36. The van der Waals surface area contributed by atoms with Gasteiger partial charge in [0.25, 0.3) is 0 Å². The van der Waals surface area contributed by atoms with Crippen LogP contribution in [0.2, 0.25) is 0 Å². The fourth-order valence-electron chi connectivity index (χ4n) is 2.17. The maximum absolute atomic E-state index is 5.52. The van der Waals surface area contributed by atoms with Crippen molar-refractivity contribution < 1.29 is 9.15 Å². The largest absolute Gasteiger partial charge is 0.466 e. The van der Waals surface area contributed by atoms with Crippen molar-refractivity contribution in [1.82, 2.24) is 5.32 Å². The van der Waals surface area contributed by atoms with Crippen molar-refractivity contribution in [3.05, 3.63) is 23.2 Å². The molecular formula is C13H21NO2. The summed E-state index contributed by atoms with van der Waals surface area (Å²) in [6, 6.07) is 2.12. The van der Waals surface area contributed by atoms with E-state index >= 15 is 0 Å². The van der Waals surface area contributed by atoms with Gasteiger partial charge in [-0.05, 0) is 39.7 Å². The van der Waals surface area contributed by atoms with E-state index in [1.165, 1.54) is 5.56 Å². The van der Waals surface area contributed by atoms with E-state index in [9.17, 15) is 0 Å². The predicted octanol–water partition coefficient (Wildman–Crippen LogP) is 2.56. The molecule has 0 radical (unpaired) electrons. The molecule has 1 fully saturated rings. The summed E-state index contributed by atoms with van der Waals surface area (Å²) < 4.78 is 10.9. The molecule has 2 rings (SSSR count). The van der Waals surface area contributed by atoms with Gasteiger partial charge in [0.15, 0.2) is 0 Å². The third-order valence-electron chi connectivity index (χ3n) is 3.45. The van der Waals surface area contributed by atoms with Crippen molar-refractivity contribution in [1.29, 1.82) is 0 Å². The Labute approximate surface area is 97.2 Å². The summed E-state index contributed by atoms with van der Waals surface area (Å²) in [6.45, 7) is 8.92. The molecule has 2 heterocycles. The molecule has 1 aromatic rings. The van der Waals surface area contributed by atoms with Crippen molar-refractivity contribution in [2.24, 2.45) is 0 Å². The summed E-state index contributed by atoms with van der Waals surface area (Å²) in [4.78, 5) is 0. The molecule has 1 aromatic heterocycles. The second kappa shape index (κ2) is 4.60. The lowest BCUT2D eigenvalue weighted by Gasteiger charge is -2.34.